The molecule has 1 aliphatic rings. The largest absolute Gasteiger partial charge is 0.496 e. The number of hydrogen-bond donors (Lipinski definition) is 0. The van der Waals surface area contributed by atoms with Crippen LogP contribution in [0.2, 0.25) is 5.02 Å². The number of rotatable bonds is 3. The fourth-order valence-corrected chi connectivity index (χ4v) is 2.94. The number of hydrogen-bond acceptors (Lipinski definition) is 2. The van der Waals surface area contributed by atoms with Crippen LogP contribution in [0.15, 0.2) is 42.5 Å². The average molecular weight is 302 g/mol. The van der Waals surface area contributed by atoms with Gasteiger partial charge in [0.1, 0.15) is 5.75 Å². The molecule has 0 saturated carbocycles. The maximum Gasteiger partial charge on any atom is 0.231 e. The van der Waals surface area contributed by atoms with E-state index < -0.39 is 0 Å². The first-order valence-electron chi connectivity index (χ1n) is 6.89. The summed E-state index contributed by atoms with van der Waals surface area (Å²) in [6.45, 7) is 0.737. The Morgan fingerprint density at radius 1 is 1.29 bits per heavy atom. The number of benzene rings is 2. The highest BCUT2D eigenvalue weighted by molar-refractivity contribution is 6.30. The zero-order valence-corrected chi connectivity index (χ0v) is 12.6. The lowest BCUT2D eigenvalue weighted by molar-refractivity contribution is -0.117. The number of methoxy groups -OCH3 is 1. The molecule has 0 saturated heterocycles. The van der Waals surface area contributed by atoms with Crippen LogP contribution >= 0.6 is 11.6 Å². The molecule has 4 heteroatoms. The minimum absolute atomic E-state index is 0.0699. The third-order valence-corrected chi connectivity index (χ3v) is 4.01. The molecule has 0 bridgehead atoms. The van der Waals surface area contributed by atoms with Gasteiger partial charge in [0.2, 0.25) is 5.91 Å². The van der Waals surface area contributed by atoms with E-state index in [-0.39, 0.29) is 12.3 Å². The van der Waals surface area contributed by atoms with Crippen LogP contribution in [-0.2, 0) is 17.6 Å². The van der Waals surface area contributed by atoms with Crippen molar-refractivity contribution < 1.29 is 9.53 Å². The van der Waals surface area contributed by atoms with Gasteiger partial charge in [-0.25, -0.2) is 0 Å². The molecular weight excluding hydrogens is 286 g/mol. The van der Waals surface area contributed by atoms with Crippen LogP contribution in [-0.4, -0.2) is 19.6 Å². The van der Waals surface area contributed by atoms with Crippen LogP contribution in [0.5, 0.6) is 5.75 Å². The second-order valence-corrected chi connectivity index (χ2v) is 5.49. The Morgan fingerprint density at radius 3 is 2.90 bits per heavy atom. The first-order valence-corrected chi connectivity index (χ1v) is 7.27. The minimum Gasteiger partial charge on any atom is -0.496 e. The standard InChI is InChI=1S/C17H16ClNO2/c1-21-16-7-6-14(18)10-13(16)11-17(20)19-9-8-12-4-2-3-5-15(12)19/h2-7,10H,8-9,11H2,1H3. The number of amides is 1. The van der Waals surface area contributed by atoms with Crippen molar-refractivity contribution in [3.63, 3.8) is 0 Å². The zero-order chi connectivity index (χ0) is 14.8. The fraction of sp³-hybridized carbons (Fsp3) is 0.235. The highest BCUT2D eigenvalue weighted by Gasteiger charge is 2.24. The maximum atomic E-state index is 12.6. The lowest BCUT2D eigenvalue weighted by atomic mass is 10.1. The third-order valence-electron chi connectivity index (χ3n) is 3.77. The summed E-state index contributed by atoms with van der Waals surface area (Å²) in [6, 6.07) is 13.4. The number of carbonyl (C=O) groups excluding carboxylic acids is 1. The Kier molecular flexibility index (Phi) is 3.84. The van der Waals surface area contributed by atoms with Crippen LogP contribution in [0.3, 0.4) is 0 Å². The molecular formula is C17H16ClNO2. The van der Waals surface area contributed by atoms with E-state index in [2.05, 4.69) is 6.07 Å². The van der Waals surface area contributed by atoms with Gasteiger partial charge < -0.3 is 9.64 Å². The Bertz CT molecular complexity index is 684. The molecule has 2 aromatic rings. The molecule has 1 amide bonds. The molecule has 0 radical (unpaired) electrons. The monoisotopic (exact) mass is 301 g/mol. The molecule has 0 unspecified atom stereocenters. The van der Waals surface area contributed by atoms with E-state index in [4.69, 9.17) is 16.3 Å². The highest BCUT2D eigenvalue weighted by atomic mass is 35.5. The van der Waals surface area contributed by atoms with Crippen LogP contribution in [0.4, 0.5) is 5.69 Å². The zero-order valence-electron chi connectivity index (χ0n) is 11.8. The fourth-order valence-electron chi connectivity index (χ4n) is 2.74. The van der Waals surface area contributed by atoms with Crippen molar-refractivity contribution in [1.82, 2.24) is 0 Å². The third kappa shape index (κ3) is 2.74. The van der Waals surface area contributed by atoms with Crippen LogP contribution in [0, 0.1) is 0 Å². The van der Waals surface area contributed by atoms with Crippen molar-refractivity contribution in [2.24, 2.45) is 0 Å². The Hall–Kier alpha value is -2.00. The number of ether oxygens (including phenoxy) is 1. The maximum absolute atomic E-state index is 12.6. The lowest BCUT2D eigenvalue weighted by Gasteiger charge is -2.18. The number of fused-ring (bicyclic) bond motifs is 1. The molecule has 0 N–H and O–H groups in total. The van der Waals surface area contributed by atoms with Crippen molar-refractivity contribution in [1.29, 1.82) is 0 Å². The molecule has 0 aromatic heterocycles. The number of halogens is 1. The summed E-state index contributed by atoms with van der Waals surface area (Å²) in [5.74, 6) is 0.765. The first-order chi connectivity index (χ1) is 10.2. The number of anilines is 1. The molecule has 0 atom stereocenters. The predicted octanol–water partition coefficient (Wildman–Crippen LogP) is 3.48. The molecule has 0 aliphatic carbocycles. The van der Waals surface area contributed by atoms with E-state index in [0.717, 1.165) is 24.2 Å². The van der Waals surface area contributed by atoms with Gasteiger partial charge >= 0.3 is 0 Å². The van der Waals surface area contributed by atoms with Crippen LogP contribution < -0.4 is 9.64 Å². The quantitative estimate of drug-likeness (QED) is 0.868. The summed E-state index contributed by atoms with van der Waals surface area (Å²) in [4.78, 5) is 14.4. The van der Waals surface area contributed by atoms with Gasteiger partial charge in [0.25, 0.3) is 0 Å². The normalized spacial score (nSPS) is 13.1. The van der Waals surface area contributed by atoms with E-state index >= 15 is 0 Å². The number of nitrogens with zero attached hydrogens (tertiary/aromatic N) is 1. The molecule has 1 heterocycles. The molecule has 2 aromatic carbocycles. The molecule has 3 rings (SSSR count). The van der Waals surface area contributed by atoms with Gasteiger partial charge in [-0.2, -0.15) is 0 Å². The first kappa shape index (κ1) is 14.0. The summed E-state index contributed by atoms with van der Waals surface area (Å²) >= 11 is 6.02. The van der Waals surface area contributed by atoms with Crippen LogP contribution in [0.25, 0.3) is 0 Å². The molecule has 0 spiro atoms. The smallest absolute Gasteiger partial charge is 0.231 e. The van der Waals surface area contributed by atoms with Gasteiger partial charge in [-0.3, -0.25) is 4.79 Å². The van der Waals surface area contributed by atoms with Crippen molar-refractivity contribution in [2.45, 2.75) is 12.8 Å². The van der Waals surface area contributed by atoms with E-state index in [1.54, 1.807) is 25.3 Å². The average Bonchev–Trinajstić information content (AvgIpc) is 2.91. The van der Waals surface area contributed by atoms with Crippen molar-refractivity contribution in [3.8, 4) is 5.75 Å². The number of carbonyl (C=O) groups is 1. The Balaban J connectivity index is 1.83. The summed E-state index contributed by atoms with van der Waals surface area (Å²) < 4.78 is 5.30. The Labute approximate surface area is 129 Å². The van der Waals surface area contributed by atoms with E-state index in [9.17, 15) is 4.79 Å². The molecule has 108 valence electrons. The van der Waals surface area contributed by atoms with Gasteiger partial charge in [0.05, 0.1) is 13.5 Å². The molecule has 21 heavy (non-hydrogen) atoms. The second kappa shape index (κ2) is 5.78. The van der Waals surface area contributed by atoms with Crippen molar-refractivity contribution in [3.05, 3.63) is 58.6 Å². The summed E-state index contributed by atoms with van der Waals surface area (Å²) in [6.07, 6.45) is 1.20. The summed E-state index contributed by atoms with van der Waals surface area (Å²) in [5, 5.41) is 0.612. The van der Waals surface area contributed by atoms with E-state index in [1.807, 2.05) is 23.1 Å². The van der Waals surface area contributed by atoms with Crippen molar-refractivity contribution >= 4 is 23.2 Å². The van der Waals surface area contributed by atoms with E-state index in [0.29, 0.717) is 10.8 Å². The van der Waals surface area contributed by atoms with Gasteiger partial charge in [0, 0.05) is 22.8 Å². The topological polar surface area (TPSA) is 29.5 Å². The Morgan fingerprint density at radius 2 is 2.10 bits per heavy atom. The van der Waals surface area contributed by atoms with Crippen molar-refractivity contribution in [2.75, 3.05) is 18.6 Å². The van der Waals surface area contributed by atoms with E-state index in [1.165, 1.54) is 5.56 Å². The summed E-state index contributed by atoms with van der Waals surface area (Å²) in [7, 11) is 1.60. The van der Waals surface area contributed by atoms with Crippen LogP contribution in [0.1, 0.15) is 11.1 Å². The van der Waals surface area contributed by atoms with Gasteiger partial charge in [-0.05, 0) is 36.2 Å². The molecule has 1 aliphatic heterocycles. The predicted molar refractivity (Wildman–Crippen MR) is 84.2 cm³/mol. The van der Waals surface area contributed by atoms with Gasteiger partial charge in [0.15, 0.2) is 0 Å². The van der Waals surface area contributed by atoms with Gasteiger partial charge in [-0.15, -0.1) is 0 Å². The molecule has 3 nitrogen and oxygen atoms in total. The SMILES string of the molecule is COc1ccc(Cl)cc1CC(=O)N1CCc2ccccc21. The second-order valence-electron chi connectivity index (χ2n) is 5.06. The minimum atomic E-state index is 0.0699. The molecule has 0 fully saturated rings. The lowest BCUT2D eigenvalue weighted by Crippen LogP contribution is -2.30. The highest BCUT2D eigenvalue weighted by Crippen LogP contribution is 2.29. The van der Waals surface area contributed by atoms with Gasteiger partial charge in [-0.1, -0.05) is 29.8 Å². The summed E-state index contributed by atoms with van der Waals surface area (Å²) in [5.41, 5.74) is 3.06. The number of para-hydroxylation sites is 1.